The van der Waals surface area contributed by atoms with Crippen LogP contribution in [0.1, 0.15) is 6.42 Å². The van der Waals surface area contributed by atoms with Gasteiger partial charge in [-0.2, -0.15) is 0 Å². The third-order valence-corrected chi connectivity index (χ3v) is 3.92. The minimum Gasteiger partial charge on any atom is -0.493 e. The molecule has 0 spiro atoms. The van der Waals surface area contributed by atoms with Crippen molar-refractivity contribution in [3.05, 3.63) is 46.4 Å². The molecule has 0 saturated carbocycles. The van der Waals surface area contributed by atoms with Crippen molar-refractivity contribution in [2.75, 3.05) is 31.4 Å². The van der Waals surface area contributed by atoms with Crippen molar-refractivity contribution >= 4 is 40.5 Å². The fourth-order valence-electron chi connectivity index (χ4n) is 2.09. The Morgan fingerprint density at radius 1 is 1.04 bits per heavy atom. The topological polar surface area (TPSA) is 59.6 Å². The van der Waals surface area contributed by atoms with E-state index in [2.05, 4.69) is 10.6 Å². The van der Waals surface area contributed by atoms with E-state index in [9.17, 15) is 4.79 Å². The van der Waals surface area contributed by atoms with Crippen LogP contribution in [0.5, 0.6) is 11.5 Å². The first-order chi connectivity index (χ1) is 11.5. The number of amides is 1. The van der Waals surface area contributed by atoms with E-state index in [0.29, 0.717) is 33.8 Å². The Balaban J connectivity index is 1.89. The molecule has 0 heterocycles. The summed E-state index contributed by atoms with van der Waals surface area (Å²) in [6, 6.07) is 10.5. The number of hydrogen-bond acceptors (Lipinski definition) is 4. The average molecular weight is 369 g/mol. The number of methoxy groups -OCH3 is 2. The lowest BCUT2D eigenvalue weighted by molar-refractivity contribution is -0.115. The molecular formula is C17H18Cl2N2O3. The van der Waals surface area contributed by atoms with Crippen LogP contribution >= 0.6 is 23.2 Å². The molecule has 2 aromatic carbocycles. The molecule has 0 radical (unpaired) electrons. The maximum Gasteiger partial charge on any atom is 0.226 e. The maximum absolute atomic E-state index is 12.0. The molecule has 0 aromatic heterocycles. The highest BCUT2D eigenvalue weighted by Gasteiger charge is 2.10. The van der Waals surface area contributed by atoms with Gasteiger partial charge in [-0.1, -0.05) is 29.3 Å². The van der Waals surface area contributed by atoms with E-state index >= 15 is 0 Å². The first-order valence-electron chi connectivity index (χ1n) is 7.25. The largest absolute Gasteiger partial charge is 0.493 e. The van der Waals surface area contributed by atoms with Crippen LogP contribution in [0.4, 0.5) is 11.4 Å². The number of carbonyl (C=O) groups excluding carboxylic acids is 1. The predicted octanol–water partition coefficient (Wildman–Crippen LogP) is 4.45. The molecule has 7 heteroatoms. The summed E-state index contributed by atoms with van der Waals surface area (Å²) in [5.74, 6) is 1.09. The Hall–Kier alpha value is -2.11. The first kappa shape index (κ1) is 18.2. The van der Waals surface area contributed by atoms with Crippen LogP contribution in [-0.2, 0) is 4.79 Å². The summed E-state index contributed by atoms with van der Waals surface area (Å²) in [6.45, 7) is 0.448. The number of nitrogens with one attached hydrogen (secondary N) is 2. The molecule has 0 atom stereocenters. The van der Waals surface area contributed by atoms with Gasteiger partial charge in [0.25, 0.3) is 0 Å². The normalized spacial score (nSPS) is 10.2. The zero-order valence-corrected chi connectivity index (χ0v) is 14.9. The van der Waals surface area contributed by atoms with Crippen LogP contribution in [0, 0.1) is 0 Å². The van der Waals surface area contributed by atoms with E-state index in [-0.39, 0.29) is 12.3 Å². The number of carbonyl (C=O) groups is 1. The van der Waals surface area contributed by atoms with Crippen molar-refractivity contribution < 1.29 is 14.3 Å². The molecule has 0 aliphatic heterocycles. The van der Waals surface area contributed by atoms with Gasteiger partial charge in [0.05, 0.1) is 30.0 Å². The second-order valence-electron chi connectivity index (χ2n) is 4.89. The van der Waals surface area contributed by atoms with Crippen LogP contribution in [0.3, 0.4) is 0 Å². The molecule has 2 rings (SSSR count). The minimum absolute atomic E-state index is 0.182. The van der Waals surface area contributed by atoms with Crippen LogP contribution < -0.4 is 20.1 Å². The van der Waals surface area contributed by atoms with Crippen molar-refractivity contribution in [2.24, 2.45) is 0 Å². The number of halogens is 2. The monoisotopic (exact) mass is 368 g/mol. The summed E-state index contributed by atoms with van der Waals surface area (Å²) in [5.41, 5.74) is 1.26. The van der Waals surface area contributed by atoms with Gasteiger partial charge in [-0.25, -0.2) is 0 Å². The van der Waals surface area contributed by atoms with Crippen molar-refractivity contribution in [1.82, 2.24) is 0 Å². The summed E-state index contributed by atoms with van der Waals surface area (Å²) in [6.07, 6.45) is 0.260. The van der Waals surface area contributed by atoms with Gasteiger partial charge in [0, 0.05) is 24.7 Å². The van der Waals surface area contributed by atoms with Crippen molar-refractivity contribution in [3.8, 4) is 11.5 Å². The highest BCUT2D eigenvalue weighted by Crippen LogP contribution is 2.30. The molecular weight excluding hydrogens is 351 g/mol. The van der Waals surface area contributed by atoms with E-state index in [4.69, 9.17) is 32.7 Å². The standard InChI is InChI=1S/C17H18Cl2N2O3/c1-23-14-7-6-11(10-15(14)24-2)20-9-8-16(22)21-17-12(18)4-3-5-13(17)19/h3-7,10,20H,8-9H2,1-2H3,(H,21,22). The molecule has 0 fully saturated rings. The maximum atomic E-state index is 12.0. The minimum atomic E-state index is -0.182. The van der Waals surface area contributed by atoms with Gasteiger partial charge < -0.3 is 20.1 Å². The summed E-state index contributed by atoms with van der Waals surface area (Å²) in [7, 11) is 3.15. The number of ether oxygens (including phenoxy) is 2. The molecule has 0 aliphatic rings. The fraction of sp³-hybridized carbons (Fsp3) is 0.235. The third kappa shape index (κ3) is 4.69. The summed E-state index contributed by atoms with van der Waals surface area (Å²) < 4.78 is 10.4. The van der Waals surface area contributed by atoms with Crippen LogP contribution in [-0.4, -0.2) is 26.7 Å². The molecule has 0 saturated heterocycles. The van der Waals surface area contributed by atoms with E-state index in [1.165, 1.54) is 0 Å². The van der Waals surface area contributed by atoms with Crippen molar-refractivity contribution in [1.29, 1.82) is 0 Å². The summed E-state index contributed by atoms with van der Waals surface area (Å²) in [4.78, 5) is 12.0. The van der Waals surface area contributed by atoms with Gasteiger partial charge in [-0.05, 0) is 24.3 Å². The molecule has 1 amide bonds. The lowest BCUT2D eigenvalue weighted by Gasteiger charge is -2.12. The van der Waals surface area contributed by atoms with Gasteiger partial charge >= 0.3 is 0 Å². The van der Waals surface area contributed by atoms with Crippen molar-refractivity contribution in [3.63, 3.8) is 0 Å². The quantitative estimate of drug-likeness (QED) is 0.757. The van der Waals surface area contributed by atoms with Gasteiger partial charge in [-0.15, -0.1) is 0 Å². The highest BCUT2D eigenvalue weighted by molar-refractivity contribution is 6.39. The SMILES string of the molecule is COc1ccc(NCCC(=O)Nc2c(Cl)cccc2Cl)cc1OC. The Morgan fingerprint density at radius 3 is 2.33 bits per heavy atom. The van der Waals surface area contributed by atoms with Gasteiger partial charge in [0.1, 0.15) is 0 Å². The second-order valence-corrected chi connectivity index (χ2v) is 5.71. The molecule has 24 heavy (non-hydrogen) atoms. The Bertz CT molecular complexity index is 703. The van der Waals surface area contributed by atoms with E-state index in [1.54, 1.807) is 38.5 Å². The number of para-hydroxylation sites is 1. The highest BCUT2D eigenvalue weighted by atomic mass is 35.5. The van der Waals surface area contributed by atoms with E-state index in [0.717, 1.165) is 5.69 Å². The van der Waals surface area contributed by atoms with Crippen molar-refractivity contribution in [2.45, 2.75) is 6.42 Å². The number of hydrogen-bond donors (Lipinski definition) is 2. The first-order valence-corrected chi connectivity index (χ1v) is 8.00. The van der Waals surface area contributed by atoms with Gasteiger partial charge in [0.15, 0.2) is 11.5 Å². The zero-order valence-electron chi connectivity index (χ0n) is 13.4. The average Bonchev–Trinajstić information content (AvgIpc) is 2.58. The van der Waals surface area contributed by atoms with E-state index in [1.807, 2.05) is 12.1 Å². The summed E-state index contributed by atoms with van der Waals surface area (Å²) >= 11 is 12.0. The zero-order chi connectivity index (χ0) is 17.5. The smallest absolute Gasteiger partial charge is 0.226 e. The van der Waals surface area contributed by atoms with E-state index < -0.39 is 0 Å². The number of anilines is 2. The molecule has 0 bridgehead atoms. The fourth-order valence-corrected chi connectivity index (χ4v) is 2.58. The number of rotatable bonds is 7. The number of benzene rings is 2. The third-order valence-electron chi connectivity index (χ3n) is 3.29. The second kappa shape index (κ2) is 8.66. The van der Waals surface area contributed by atoms with Crippen LogP contribution in [0.2, 0.25) is 10.0 Å². The molecule has 2 N–H and O–H groups in total. The Kier molecular flexibility index (Phi) is 6.58. The van der Waals surface area contributed by atoms with Crippen LogP contribution in [0.25, 0.3) is 0 Å². The Labute approximate surface area is 150 Å². The molecule has 0 aliphatic carbocycles. The molecule has 0 unspecified atom stereocenters. The predicted molar refractivity (Wildman–Crippen MR) is 97.7 cm³/mol. The summed E-state index contributed by atoms with van der Waals surface area (Å²) in [5, 5.41) is 6.68. The lowest BCUT2D eigenvalue weighted by Crippen LogP contribution is -2.16. The Morgan fingerprint density at radius 2 is 1.71 bits per heavy atom. The van der Waals surface area contributed by atoms with Gasteiger partial charge in [0.2, 0.25) is 5.91 Å². The van der Waals surface area contributed by atoms with Crippen LogP contribution in [0.15, 0.2) is 36.4 Å². The van der Waals surface area contributed by atoms with Gasteiger partial charge in [-0.3, -0.25) is 4.79 Å². The molecule has 2 aromatic rings. The molecule has 128 valence electrons. The lowest BCUT2D eigenvalue weighted by atomic mass is 10.2. The molecule has 5 nitrogen and oxygen atoms in total.